The summed E-state index contributed by atoms with van der Waals surface area (Å²) in [4.78, 5) is 4.47. The molecule has 6 heteroatoms. The van der Waals surface area contributed by atoms with Crippen LogP contribution in [0.1, 0.15) is 24.1 Å². The predicted octanol–water partition coefficient (Wildman–Crippen LogP) is 2.59. The Kier molecular flexibility index (Phi) is 5.64. The van der Waals surface area contributed by atoms with E-state index in [1.54, 1.807) is 12.1 Å². The van der Waals surface area contributed by atoms with Crippen molar-refractivity contribution in [2.24, 2.45) is 5.14 Å². The zero-order valence-electron chi connectivity index (χ0n) is 14.6. The van der Waals surface area contributed by atoms with E-state index in [4.69, 9.17) is 5.14 Å². The van der Waals surface area contributed by atoms with Gasteiger partial charge in [0.25, 0.3) is 0 Å². The van der Waals surface area contributed by atoms with Gasteiger partial charge in [0.2, 0.25) is 10.0 Å². The quantitative estimate of drug-likeness (QED) is 0.872. The van der Waals surface area contributed by atoms with Gasteiger partial charge >= 0.3 is 0 Å². The van der Waals surface area contributed by atoms with Crippen LogP contribution in [0, 0.1) is 0 Å². The average molecular weight is 347 g/mol. The molecule has 5 nitrogen and oxygen atoms in total. The van der Waals surface area contributed by atoms with Crippen molar-refractivity contribution in [3.8, 4) is 0 Å². The molecular weight excluding hydrogens is 322 g/mol. The van der Waals surface area contributed by atoms with E-state index >= 15 is 0 Å². The summed E-state index contributed by atoms with van der Waals surface area (Å²) >= 11 is 0. The summed E-state index contributed by atoms with van der Waals surface area (Å²) in [5.41, 5.74) is 3.49. The summed E-state index contributed by atoms with van der Waals surface area (Å²) in [7, 11) is 2.48. The number of rotatable bonds is 6. The summed E-state index contributed by atoms with van der Waals surface area (Å²) in [5, 5.41) is 5.15. The van der Waals surface area contributed by atoms with Gasteiger partial charge in [-0.25, -0.2) is 13.6 Å². The number of benzene rings is 2. The first-order valence-electron chi connectivity index (χ1n) is 7.78. The molecular formula is C18H25N3O2S. The van der Waals surface area contributed by atoms with Crippen LogP contribution >= 0.6 is 0 Å². The number of sulfonamides is 1. The van der Waals surface area contributed by atoms with E-state index < -0.39 is 10.0 Å². The minimum absolute atomic E-state index is 0.138. The standard InChI is InChI=1S/C18H25N3O2S/c1-14(15-9-11-17(12-10-15)24(19,22)23)21(4)13-16-7-5-6-8-18(16)20(2)3/h5-12,14H,13H2,1-4H3,(H2,19,22,23)/t14-/m0/s1. The van der Waals surface area contributed by atoms with Gasteiger partial charge in [0.1, 0.15) is 0 Å². The topological polar surface area (TPSA) is 66.6 Å². The van der Waals surface area contributed by atoms with Crippen LogP contribution in [0.5, 0.6) is 0 Å². The highest BCUT2D eigenvalue weighted by Gasteiger charge is 2.15. The number of hydrogen-bond donors (Lipinski definition) is 1. The number of hydrogen-bond acceptors (Lipinski definition) is 4. The van der Waals surface area contributed by atoms with Gasteiger partial charge in [0, 0.05) is 32.4 Å². The fourth-order valence-corrected chi connectivity index (χ4v) is 3.19. The van der Waals surface area contributed by atoms with Crippen molar-refractivity contribution < 1.29 is 8.42 Å². The van der Waals surface area contributed by atoms with Gasteiger partial charge in [-0.2, -0.15) is 0 Å². The minimum atomic E-state index is -3.65. The van der Waals surface area contributed by atoms with Crippen LogP contribution in [0.4, 0.5) is 5.69 Å². The molecule has 0 heterocycles. The van der Waals surface area contributed by atoms with Crippen molar-refractivity contribution in [3.63, 3.8) is 0 Å². The Morgan fingerprint density at radius 1 is 1.00 bits per heavy atom. The molecule has 0 radical (unpaired) electrons. The van der Waals surface area contributed by atoms with Crippen molar-refractivity contribution in [3.05, 3.63) is 59.7 Å². The van der Waals surface area contributed by atoms with Crippen LogP contribution in [0.2, 0.25) is 0 Å². The molecule has 1 atom stereocenters. The Bertz CT molecular complexity index is 786. The minimum Gasteiger partial charge on any atom is -0.377 e. The van der Waals surface area contributed by atoms with E-state index in [1.807, 2.05) is 38.4 Å². The summed E-state index contributed by atoms with van der Waals surface area (Å²) in [6, 6.07) is 15.2. The van der Waals surface area contributed by atoms with Crippen LogP contribution in [0.15, 0.2) is 53.4 Å². The Morgan fingerprint density at radius 2 is 1.58 bits per heavy atom. The normalized spacial score (nSPS) is 13.1. The molecule has 0 bridgehead atoms. The molecule has 2 N–H and O–H groups in total. The second-order valence-electron chi connectivity index (χ2n) is 6.23. The van der Waals surface area contributed by atoms with E-state index in [1.165, 1.54) is 11.3 Å². The molecule has 2 aromatic carbocycles. The maximum absolute atomic E-state index is 11.4. The molecule has 0 fully saturated rings. The Balaban J connectivity index is 2.17. The van der Waals surface area contributed by atoms with E-state index in [0.29, 0.717) is 0 Å². The number of nitrogens with two attached hydrogens (primary N) is 1. The molecule has 0 saturated carbocycles. The molecule has 130 valence electrons. The molecule has 0 aromatic heterocycles. The highest BCUT2D eigenvalue weighted by atomic mass is 32.2. The van der Waals surface area contributed by atoms with Crippen molar-refractivity contribution in [1.29, 1.82) is 0 Å². The lowest BCUT2D eigenvalue weighted by atomic mass is 10.1. The van der Waals surface area contributed by atoms with Crippen molar-refractivity contribution in [2.75, 3.05) is 26.0 Å². The third-order valence-corrected chi connectivity index (χ3v) is 5.17. The predicted molar refractivity (Wildman–Crippen MR) is 98.5 cm³/mol. The maximum Gasteiger partial charge on any atom is 0.238 e. The zero-order valence-corrected chi connectivity index (χ0v) is 15.4. The smallest absolute Gasteiger partial charge is 0.238 e. The summed E-state index contributed by atoms with van der Waals surface area (Å²) in [6.07, 6.45) is 0. The second kappa shape index (κ2) is 7.34. The summed E-state index contributed by atoms with van der Waals surface area (Å²) in [6.45, 7) is 2.90. The number of nitrogens with zero attached hydrogens (tertiary/aromatic N) is 2. The Hall–Kier alpha value is -1.89. The molecule has 2 rings (SSSR count). The lowest BCUT2D eigenvalue weighted by Crippen LogP contribution is -2.23. The highest BCUT2D eigenvalue weighted by Crippen LogP contribution is 2.25. The SMILES string of the molecule is C[C@@H](c1ccc(S(N)(=O)=O)cc1)N(C)Cc1ccccc1N(C)C. The monoisotopic (exact) mass is 347 g/mol. The fraction of sp³-hybridized carbons (Fsp3) is 0.333. The molecule has 0 spiro atoms. The van der Waals surface area contributed by atoms with Gasteiger partial charge in [-0.15, -0.1) is 0 Å². The first-order valence-corrected chi connectivity index (χ1v) is 9.33. The van der Waals surface area contributed by atoms with Crippen LogP contribution in [-0.4, -0.2) is 34.5 Å². The average Bonchev–Trinajstić information content (AvgIpc) is 2.53. The second-order valence-corrected chi connectivity index (χ2v) is 7.79. The Morgan fingerprint density at radius 3 is 2.12 bits per heavy atom. The van der Waals surface area contributed by atoms with Gasteiger partial charge in [-0.05, 0) is 43.3 Å². The fourth-order valence-electron chi connectivity index (χ4n) is 2.68. The van der Waals surface area contributed by atoms with Crippen molar-refractivity contribution in [1.82, 2.24) is 4.90 Å². The van der Waals surface area contributed by atoms with Gasteiger partial charge in [-0.1, -0.05) is 30.3 Å². The number of anilines is 1. The summed E-state index contributed by atoms with van der Waals surface area (Å²) < 4.78 is 22.7. The molecule has 0 aliphatic heterocycles. The first kappa shape index (κ1) is 18.4. The third-order valence-electron chi connectivity index (χ3n) is 4.25. The van der Waals surface area contributed by atoms with E-state index in [-0.39, 0.29) is 10.9 Å². The van der Waals surface area contributed by atoms with Gasteiger partial charge in [-0.3, -0.25) is 4.90 Å². The lowest BCUT2D eigenvalue weighted by Gasteiger charge is -2.27. The molecule has 0 aliphatic rings. The van der Waals surface area contributed by atoms with Crippen LogP contribution in [-0.2, 0) is 16.6 Å². The van der Waals surface area contributed by atoms with E-state index in [9.17, 15) is 8.42 Å². The van der Waals surface area contributed by atoms with E-state index in [2.05, 4.69) is 35.9 Å². The molecule has 0 amide bonds. The highest BCUT2D eigenvalue weighted by molar-refractivity contribution is 7.89. The van der Waals surface area contributed by atoms with Gasteiger partial charge in [0.05, 0.1) is 4.90 Å². The maximum atomic E-state index is 11.4. The van der Waals surface area contributed by atoms with Crippen molar-refractivity contribution in [2.45, 2.75) is 24.4 Å². The largest absolute Gasteiger partial charge is 0.377 e. The first-order chi connectivity index (χ1) is 11.2. The van der Waals surface area contributed by atoms with Crippen molar-refractivity contribution >= 4 is 15.7 Å². The molecule has 0 unspecified atom stereocenters. The van der Waals surface area contributed by atoms with Crippen LogP contribution < -0.4 is 10.0 Å². The Labute approximate surface area is 144 Å². The van der Waals surface area contributed by atoms with E-state index in [0.717, 1.165) is 12.1 Å². The molecule has 2 aromatic rings. The lowest BCUT2D eigenvalue weighted by molar-refractivity contribution is 0.253. The van der Waals surface area contributed by atoms with Gasteiger partial charge < -0.3 is 4.90 Å². The zero-order chi connectivity index (χ0) is 17.9. The molecule has 24 heavy (non-hydrogen) atoms. The number of para-hydroxylation sites is 1. The number of primary sulfonamides is 1. The molecule has 0 aliphatic carbocycles. The van der Waals surface area contributed by atoms with Crippen LogP contribution in [0.3, 0.4) is 0 Å². The third kappa shape index (κ3) is 4.35. The van der Waals surface area contributed by atoms with Gasteiger partial charge in [0.15, 0.2) is 0 Å². The van der Waals surface area contributed by atoms with Crippen LogP contribution in [0.25, 0.3) is 0 Å². The molecule has 0 saturated heterocycles. The summed E-state index contributed by atoms with van der Waals surface area (Å²) in [5.74, 6) is 0.